The molecule has 1 aliphatic rings. The molecule has 0 radical (unpaired) electrons. The highest BCUT2D eigenvalue weighted by Gasteiger charge is 2.24. The maximum Gasteiger partial charge on any atom is 0.267 e. The van der Waals surface area contributed by atoms with Crippen LogP contribution in [0.5, 0.6) is 0 Å². The van der Waals surface area contributed by atoms with Gasteiger partial charge in [0.05, 0.1) is 21.8 Å². The minimum atomic E-state index is -0.338. The second kappa shape index (κ2) is 9.25. The van der Waals surface area contributed by atoms with Gasteiger partial charge in [-0.3, -0.25) is 14.0 Å². The van der Waals surface area contributed by atoms with Gasteiger partial charge in [-0.05, 0) is 57.4 Å². The molecule has 1 saturated carbocycles. The number of carbonyl (C=O) groups excluding carboxylic acids is 1. The molecule has 7 nitrogen and oxygen atoms in total. The Morgan fingerprint density at radius 2 is 1.85 bits per heavy atom. The van der Waals surface area contributed by atoms with E-state index in [9.17, 15) is 9.59 Å². The van der Waals surface area contributed by atoms with Gasteiger partial charge in [0.25, 0.3) is 5.56 Å². The summed E-state index contributed by atoms with van der Waals surface area (Å²) >= 11 is 1.37. The maximum atomic E-state index is 13.6. The predicted molar refractivity (Wildman–Crippen MR) is 136 cm³/mol. The van der Waals surface area contributed by atoms with Gasteiger partial charge in [-0.25, -0.2) is 4.57 Å². The molecule has 4 aromatic rings. The second-order valence-electron chi connectivity index (χ2n) is 9.17. The molecule has 2 heterocycles. The van der Waals surface area contributed by atoms with Crippen LogP contribution < -0.4 is 10.9 Å². The lowest BCUT2D eigenvalue weighted by Crippen LogP contribution is -2.40. The first-order chi connectivity index (χ1) is 16.4. The fraction of sp³-hybridized carbons (Fsp3) is 0.385. The Morgan fingerprint density at radius 1 is 1.09 bits per heavy atom. The maximum absolute atomic E-state index is 13.6. The summed E-state index contributed by atoms with van der Waals surface area (Å²) in [5, 5.41) is 12.9. The van der Waals surface area contributed by atoms with E-state index in [1.165, 1.54) is 31.0 Å². The SMILES string of the molecule is Cc1ccc(-n2c(=O)c3ccccc3n3c(SC(C)C(=O)NC4CCCCC4)nnc23)c(C)c1. The normalized spacial score (nSPS) is 15.6. The lowest BCUT2D eigenvalue weighted by molar-refractivity contribution is -0.121. The summed E-state index contributed by atoms with van der Waals surface area (Å²) in [4.78, 5) is 26.5. The molecule has 1 atom stereocenters. The predicted octanol–water partition coefficient (Wildman–Crippen LogP) is 4.58. The van der Waals surface area contributed by atoms with Crippen LogP contribution in [-0.4, -0.2) is 36.4 Å². The van der Waals surface area contributed by atoms with Crippen molar-refractivity contribution >= 4 is 34.3 Å². The first-order valence-corrected chi connectivity index (χ1v) is 12.8. The number of fused-ring (bicyclic) bond motifs is 3. The minimum absolute atomic E-state index is 0.0145. The molecule has 5 rings (SSSR count). The average molecular weight is 476 g/mol. The van der Waals surface area contributed by atoms with Crippen LogP contribution in [0.1, 0.15) is 50.2 Å². The van der Waals surface area contributed by atoms with E-state index in [1.54, 1.807) is 4.57 Å². The molecule has 2 aromatic heterocycles. The monoisotopic (exact) mass is 475 g/mol. The number of nitrogens with zero attached hydrogens (tertiary/aromatic N) is 4. The molecule has 176 valence electrons. The third-order valence-electron chi connectivity index (χ3n) is 6.59. The second-order valence-corrected chi connectivity index (χ2v) is 10.5. The van der Waals surface area contributed by atoms with Crippen molar-refractivity contribution in [2.75, 3.05) is 0 Å². The van der Waals surface area contributed by atoms with Crippen molar-refractivity contribution in [3.8, 4) is 5.69 Å². The van der Waals surface area contributed by atoms with Gasteiger partial charge >= 0.3 is 0 Å². The lowest BCUT2D eigenvalue weighted by atomic mass is 9.95. The highest BCUT2D eigenvalue weighted by atomic mass is 32.2. The van der Waals surface area contributed by atoms with Crippen molar-refractivity contribution < 1.29 is 4.79 Å². The molecule has 0 bridgehead atoms. The van der Waals surface area contributed by atoms with Crippen molar-refractivity contribution in [2.24, 2.45) is 0 Å². The molecule has 0 spiro atoms. The number of nitrogens with one attached hydrogen (secondary N) is 1. The van der Waals surface area contributed by atoms with Crippen molar-refractivity contribution in [3.05, 3.63) is 63.9 Å². The zero-order valence-corrected chi connectivity index (χ0v) is 20.6. The minimum Gasteiger partial charge on any atom is -0.352 e. The Kier molecular flexibility index (Phi) is 6.16. The van der Waals surface area contributed by atoms with Crippen molar-refractivity contribution in [2.45, 2.75) is 69.3 Å². The third kappa shape index (κ3) is 4.11. The molecule has 0 saturated heterocycles. The number of amides is 1. The van der Waals surface area contributed by atoms with E-state index in [0.29, 0.717) is 16.3 Å². The summed E-state index contributed by atoms with van der Waals surface area (Å²) in [5.74, 6) is 0.457. The number of hydrogen-bond acceptors (Lipinski definition) is 5. The summed E-state index contributed by atoms with van der Waals surface area (Å²) in [6, 6.07) is 13.7. The summed E-state index contributed by atoms with van der Waals surface area (Å²) in [6.07, 6.45) is 5.68. The van der Waals surface area contributed by atoms with Crippen molar-refractivity contribution in [1.29, 1.82) is 0 Å². The molecule has 8 heteroatoms. The van der Waals surface area contributed by atoms with Gasteiger partial charge in [0.15, 0.2) is 5.16 Å². The molecule has 34 heavy (non-hydrogen) atoms. The van der Waals surface area contributed by atoms with E-state index in [2.05, 4.69) is 21.6 Å². The van der Waals surface area contributed by atoms with E-state index in [1.807, 2.05) is 61.6 Å². The molecule has 1 aliphatic carbocycles. The number of carbonyl (C=O) groups is 1. The first kappa shape index (κ1) is 22.7. The number of para-hydroxylation sites is 1. The number of benzene rings is 2. The van der Waals surface area contributed by atoms with Crippen LogP contribution in [0.3, 0.4) is 0 Å². The molecule has 0 aliphatic heterocycles. The van der Waals surface area contributed by atoms with E-state index in [0.717, 1.165) is 35.2 Å². The van der Waals surface area contributed by atoms with Crippen LogP contribution in [0.2, 0.25) is 0 Å². The Balaban J connectivity index is 1.59. The number of thioether (sulfide) groups is 1. The topological polar surface area (TPSA) is 81.3 Å². The summed E-state index contributed by atoms with van der Waals surface area (Å²) in [5.41, 5.74) is 3.48. The third-order valence-corrected chi connectivity index (χ3v) is 7.63. The fourth-order valence-electron chi connectivity index (χ4n) is 4.81. The standard InChI is InChI=1S/C26H29N5O2S/c1-16-13-14-21(17(2)15-16)30-24(33)20-11-7-8-12-22(20)31-25(30)28-29-26(31)34-18(3)23(32)27-19-9-5-4-6-10-19/h7-8,11-15,18-19H,4-6,9-10H2,1-3H3,(H,27,32). The van der Waals surface area contributed by atoms with Crippen LogP contribution in [0.25, 0.3) is 22.4 Å². The molecule has 1 fully saturated rings. The quantitative estimate of drug-likeness (QED) is 0.427. The van der Waals surface area contributed by atoms with Crippen LogP contribution in [0, 0.1) is 13.8 Å². The van der Waals surface area contributed by atoms with Gasteiger partial charge in [0, 0.05) is 6.04 Å². The smallest absolute Gasteiger partial charge is 0.267 e. The summed E-state index contributed by atoms with van der Waals surface area (Å²) in [6.45, 7) is 5.91. The van der Waals surface area contributed by atoms with Crippen LogP contribution in [0.4, 0.5) is 0 Å². The van der Waals surface area contributed by atoms with E-state index < -0.39 is 0 Å². The average Bonchev–Trinajstić information content (AvgIpc) is 3.24. The number of hydrogen-bond donors (Lipinski definition) is 1. The number of aryl methyl sites for hydroxylation is 2. The van der Waals surface area contributed by atoms with Gasteiger partial charge in [-0.2, -0.15) is 0 Å². The Morgan fingerprint density at radius 3 is 2.62 bits per heavy atom. The molecular weight excluding hydrogens is 446 g/mol. The van der Waals surface area contributed by atoms with Gasteiger partial charge in [-0.15, -0.1) is 10.2 Å². The van der Waals surface area contributed by atoms with Crippen LogP contribution in [-0.2, 0) is 4.79 Å². The van der Waals surface area contributed by atoms with E-state index in [-0.39, 0.29) is 22.8 Å². The molecule has 2 aromatic carbocycles. The molecule has 1 amide bonds. The van der Waals surface area contributed by atoms with Crippen LogP contribution in [0.15, 0.2) is 52.4 Å². The van der Waals surface area contributed by atoms with Crippen molar-refractivity contribution in [1.82, 2.24) is 24.5 Å². The highest BCUT2D eigenvalue weighted by Crippen LogP contribution is 2.27. The highest BCUT2D eigenvalue weighted by molar-refractivity contribution is 8.00. The molecule has 1 unspecified atom stereocenters. The van der Waals surface area contributed by atoms with Crippen LogP contribution >= 0.6 is 11.8 Å². The van der Waals surface area contributed by atoms with E-state index in [4.69, 9.17) is 0 Å². The first-order valence-electron chi connectivity index (χ1n) is 11.9. The Hall–Kier alpha value is -3.13. The zero-order valence-electron chi connectivity index (χ0n) is 19.7. The number of rotatable bonds is 5. The van der Waals surface area contributed by atoms with Gasteiger partial charge in [0.2, 0.25) is 11.7 Å². The fourth-order valence-corrected chi connectivity index (χ4v) is 5.67. The van der Waals surface area contributed by atoms with Gasteiger partial charge in [0.1, 0.15) is 0 Å². The Bertz CT molecular complexity index is 1430. The van der Waals surface area contributed by atoms with Gasteiger partial charge < -0.3 is 5.32 Å². The summed E-state index contributed by atoms with van der Waals surface area (Å²) in [7, 11) is 0. The lowest BCUT2D eigenvalue weighted by Gasteiger charge is -2.24. The number of aromatic nitrogens is 4. The molecular formula is C26H29N5O2S. The van der Waals surface area contributed by atoms with Crippen molar-refractivity contribution in [3.63, 3.8) is 0 Å². The van der Waals surface area contributed by atoms with E-state index >= 15 is 0 Å². The summed E-state index contributed by atoms with van der Waals surface area (Å²) < 4.78 is 3.52. The zero-order chi connectivity index (χ0) is 23.8. The Labute approximate surface area is 202 Å². The largest absolute Gasteiger partial charge is 0.352 e. The van der Waals surface area contributed by atoms with Gasteiger partial charge in [-0.1, -0.05) is 60.9 Å². The molecule has 1 N–H and O–H groups in total.